The number of nitrogens with zero attached hydrogens (tertiary/aromatic N) is 5. The highest BCUT2D eigenvalue weighted by molar-refractivity contribution is 5.78. The third kappa shape index (κ3) is 4.79. The first-order valence-electron chi connectivity index (χ1n) is 9.69. The first-order chi connectivity index (χ1) is 12.0. The average Bonchev–Trinajstić information content (AvgIpc) is 3.14. The summed E-state index contributed by atoms with van der Waals surface area (Å²) in [6.45, 7) is 11.8. The van der Waals surface area contributed by atoms with Gasteiger partial charge in [0.15, 0.2) is 0 Å². The Hall–Kier alpha value is -1.47. The maximum Gasteiger partial charge on any atom is 0.234 e. The van der Waals surface area contributed by atoms with E-state index in [4.69, 9.17) is 0 Å². The molecule has 1 aromatic rings. The molecule has 0 aromatic carbocycles. The van der Waals surface area contributed by atoms with Crippen LogP contribution in [0.15, 0.2) is 0 Å². The summed E-state index contributed by atoms with van der Waals surface area (Å²) in [5.74, 6) is 1.95. The lowest BCUT2D eigenvalue weighted by atomic mass is 10.1. The monoisotopic (exact) mass is 348 g/mol. The van der Waals surface area contributed by atoms with E-state index in [9.17, 15) is 4.79 Å². The molecule has 140 valence electrons. The standard InChI is InChI=1S/C18H32N6O/c1-4-22-10-7-16(8-11-22)20-18(25)13-23-9-5-6-17(23)12-24-15(3)19-14(2)21-24/h16-17H,4-13H2,1-3H3,(H,20,25)/t17-/m1/s1. The minimum absolute atomic E-state index is 0.174. The second-order valence-corrected chi connectivity index (χ2v) is 7.43. The van der Waals surface area contributed by atoms with Crippen molar-refractivity contribution >= 4 is 5.91 Å². The zero-order valence-corrected chi connectivity index (χ0v) is 15.9. The fraction of sp³-hybridized carbons (Fsp3) is 0.833. The van der Waals surface area contributed by atoms with E-state index in [-0.39, 0.29) is 5.91 Å². The van der Waals surface area contributed by atoms with Crippen LogP contribution in [0.1, 0.15) is 44.3 Å². The highest BCUT2D eigenvalue weighted by atomic mass is 16.2. The van der Waals surface area contributed by atoms with Gasteiger partial charge in [-0.15, -0.1) is 0 Å². The number of hydrogen-bond acceptors (Lipinski definition) is 5. The molecule has 25 heavy (non-hydrogen) atoms. The van der Waals surface area contributed by atoms with Crippen molar-refractivity contribution in [2.24, 2.45) is 0 Å². The van der Waals surface area contributed by atoms with Gasteiger partial charge in [0.2, 0.25) is 5.91 Å². The Labute approximate surface area is 150 Å². The van der Waals surface area contributed by atoms with Crippen molar-refractivity contribution in [1.82, 2.24) is 29.9 Å². The Bertz CT molecular complexity index is 578. The third-order valence-corrected chi connectivity index (χ3v) is 5.59. The number of aromatic nitrogens is 3. The number of likely N-dealkylation sites (tertiary alicyclic amines) is 2. The van der Waals surface area contributed by atoms with Gasteiger partial charge in [0.05, 0.1) is 13.1 Å². The molecule has 1 N–H and O–H groups in total. The van der Waals surface area contributed by atoms with Crippen LogP contribution in [0, 0.1) is 13.8 Å². The Kier molecular flexibility index (Phi) is 6.06. The summed E-state index contributed by atoms with van der Waals surface area (Å²) in [4.78, 5) is 21.6. The predicted octanol–water partition coefficient (Wildman–Crippen LogP) is 0.960. The minimum Gasteiger partial charge on any atom is -0.352 e. The van der Waals surface area contributed by atoms with Gasteiger partial charge in [-0.2, -0.15) is 5.10 Å². The van der Waals surface area contributed by atoms with E-state index in [0.717, 1.165) is 70.1 Å². The van der Waals surface area contributed by atoms with Gasteiger partial charge in [-0.05, 0) is 52.6 Å². The lowest BCUT2D eigenvalue weighted by molar-refractivity contribution is -0.123. The molecule has 0 saturated carbocycles. The number of hydrogen-bond donors (Lipinski definition) is 1. The van der Waals surface area contributed by atoms with Crippen LogP contribution in [0.4, 0.5) is 0 Å². The molecule has 0 radical (unpaired) electrons. The van der Waals surface area contributed by atoms with E-state index in [1.54, 1.807) is 0 Å². The van der Waals surface area contributed by atoms with Crippen LogP contribution < -0.4 is 5.32 Å². The molecule has 0 bridgehead atoms. The number of rotatable bonds is 6. The highest BCUT2D eigenvalue weighted by Gasteiger charge is 2.28. The molecule has 0 unspecified atom stereocenters. The summed E-state index contributed by atoms with van der Waals surface area (Å²) in [5, 5.41) is 7.72. The van der Waals surface area contributed by atoms with Crippen LogP contribution in [0.3, 0.4) is 0 Å². The summed E-state index contributed by atoms with van der Waals surface area (Å²) in [6, 6.07) is 0.726. The second kappa shape index (κ2) is 8.27. The molecule has 2 saturated heterocycles. The molecular weight excluding hydrogens is 316 g/mol. The molecule has 2 fully saturated rings. The van der Waals surface area contributed by atoms with Crippen molar-refractivity contribution in [1.29, 1.82) is 0 Å². The second-order valence-electron chi connectivity index (χ2n) is 7.43. The number of carbonyl (C=O) groups is 1. The van der Waals surface area contributed by atoms with Crippen molar-refractivity contribution in [3.63, 3.8) is 0 Å². The van der Waals surface area contributed by atoms with E-state index < -0.39 is 0 Å². The molecule has 2 aliphatic heterocycles. The topological polar surface area (TPSA) is 66.3 Å². The molecule has 3 rings (SSSR count). The van der Waals surface area contributed by atoms with Crippen LogP contribution >= 0.6 is 0 Å². The highest BCUT2D eigenvalue weighted by Crippen LogP contribution is 2.19. The fourth-order valence-corrected chi connectivity index (χ4v) is 4.10. The summed E-state index contributed by atoms with van der Waals surface area (Å²) < 4.78 is 1.98. The Morgan fingerprint density at radius 2 is 1.96 bits per heavy atom. The van der Waals surface area contributed by atoms with Gasteiger partial charge in [-0.25, -0.2) is 9.67 Å². The van der Waals surface area contributed by atoms with Gasteiger partial charge in [-0.3, -0.25) is 9.69 Å². The van der Waals surface area contributed by atoms with E-state index in [0.29, 0.717) is 18.6 Å². The SMILES string of the molecule is CCN1CCC(NC(=O)CN2CCC[C@@H]2Cn2nc(C)nc2C)CC1. The molecule has 7 heteroatoms. The van der Waals surface area contributed by atoms with Crippen LogP contribution in [0.2, 0.25) is 0 Å². The zero-order valence-electron chi connectivity index (χ0n) is 15.9. The zero-order chi connectivity index (χ0) is 17.8. The van der Waals surface area contributed by atoms with Crippen molar-refractivity contribution < 1.29 is 4.79 Å². The molecule has 0 aliphatic carbocycles. The predicted molar refractivity (Wildman–Crippen MR) is 97.4 cm³/mol. The number of aryl methyl sites for hydroxylation is 2. The maximum absolute atomic E-state index is 12.5. The van der Waals surface area contributed by atoms with Gasteiger partial charge in [0.1, 0.15) is 11.6 Å². The average molecular weight is 348 g/mol. The summed E-state index contributed by atoms with van der Waals surface area (Å²) >= 11 is 0. The Morgan fingerprint density at radius 1 is 1.20 bits per heavy atom. The summed E-state index contributed by atoms with van der Waals surface area (Å²) in [7, 11) is 0. The Balaban J connectivity index is 1.48. The van der Waals surface area contributed by atoms with E-state index in [1.807, 2.05) is 18.5 Å². The van der Waals surface area contributed by atoms with E-state index in [1.165, 1.54) is 0 Å². The van der Waals surface area contributed by atoms with Crippen molar-refractivity contribution in [2.75, 3.05) is 32.7 Å². The summed E-state index contributed by atoms with van der Waals surface area (Å²) in [5.41, 5.74) is 0. The molecular formula is C18H32N6O. The number of piperidine rings is 1. The van der Waals surface area contributed by atoms with Crippen molar-refractivity contribution in [2.45, 2.75) is 65.1 Å². The van der Waals surface area contributed by atoms with Crippen LogP contribution in [0.25, 0.3) is 0 Å². The minimum atomic E-state index is 0.174. The first-order valence-corrected chi connectivity index (χ1v) is 9.69. The third-order valence-electron chi connectivity index (χ3n) is 5.59. The number of amides is 1. The summed E-state index contributed by atoms with van der Waals surface area (Å²) in [6.07, 6.45) is 4.42. The molecule has 7 nitrogen and oxygen atoms in total. The normalized spacial score (nSPS) is 23.2. The molecule has 3 heterocycles. The number of nitrogens with one attached hydrogen (secondary N) is 1. The fourth-order valence-electron chi connectivity index (χ4n) is 4.10. The van der Waals surface area contributed by atoms with Crippen molar-refractivity contribution in [3.05, 3.63) is 11.6 Å². The maximum atomic E-state index is 12.5. The van der Waals surface area contributed by atoms with Crippen LogP contribution in [-0.2, 0) is 11.3 Å². The van der Waals surface area contributed by atoms with E-state index in [2.05, 4.69) is 32.1 Å². The molecule has 1 aromatic heterocycles. The van der Waals surface area contributed by atoms with Gasteiger partial charge >= 0.3 is 0 Å². The van der Waals surface area contributed by atoms with Gasteiger partial charge in [-0.1, -0.05) is 6.92 Å². The van der Waals surface area contributed by atoms with Gasteiger partial charge in [0, 0.05) is 25.2 Å². The lowest BCUT2D eigenvalue weighted by Gasteiger charge is -2.32. The first kappa shape index (κ1) is 18.3. The molecule has 0 spiro atoms. The molecule has 2 aliphatic rings. The van der Waals surface area contributed by atoms with Crippen molar-refractivity contribution in [3.8, 4) is 0 Å². The molecule has 1 amide bonds. The number of carbonyl (C=O) groups excluding carboxylic acids is 1. The largest absolute Gasteiger partial charge is 0.352 e. The van der Waals surface area contributed by atoms with Crippen LogP contribution in [0.5, 0.6) is 0 Å². The smallest absolute Gasteiger partial charge is 0.234 e. The lowest BCUT2D eigenvalue weighted by Crippen LogP contribution is -2.48. The molecule has 1 atom stereocenters. The quantitative estimate of drug-likeness (QED) is 0.829. The van der Waals surface area contributed by atoms with Crippen LogP contribution in [-0.4, -0.2) is 75.3 Å². The van der Waals surface area contributed by atoms with Gasteiger partial charge in [0.25, 0.3) is 0 Å². The van der Waals surface area contributed by atoms with E-state index >= 15 is 0 Å². The van der Waals surface area contributed by atoms with Gasteiger partial charge < -0.3 is 10.2 Å². The Morgan fingerprint density at radius 3 is 2.60 bits per heavy atom.